The number of hydrogen-bond acceptors (Lipinski definition) is 2. The molecule has 2 unspecified atom stereocenters. The van der Waals surface area contributed by atoms with Crippen LogP contribution >= 0.6 is 0 Å². The molecular formula is C16H25NO. The van der Waals surface area contributed by atoms with Gasteiger partial charge in [-0.3, -0.25) is 0 Å². The molecule has 0 spiro atoms. The van der Waals surface area contributed by atoms with E-state index in [1.165, 1.54) is 31.2 Å². The van der Waals surface area contributed by atoms with Crippen molar-refractivity contribution >= 4 is 0 Å². The van der Waals surface area contributed by atoms with Gasteiger partial charge in [0.2, 0.25) is 0 Å². The van der Waals surface area contributed by atoms with Gasteiger partial charge >= 0.3 is 0 Å². The molecule has 1 aliphatic carbocycles. The maximum atomic E-state index is 5.33. The predicted molar refractivity (Wildman–Crippen MR) is 76.2 cm³/mol. The van der Waals surface area contributed by atoms with Crippen molar-refractivity contribution in [1.82, 2.24) is 5.32 Å². The molecule has 1 aliphatic rings. The fourth-order valence-corrected chi connectivity index (χ4v) is 3.06. The molecule has 0 heterocycles. The Bertz CT molecular complexity index is 364. The van der Waals surface area contributed by atoms with Gasteiger partial charge in [-0.05, 0) is 61.9 Å². The summed E-state index contributed by atoms with van der Waals surface area (Å²) in [6.07, 6.45) is 5.27. The molecule has 0 amide bonds. The van der Waals surface area contributed by atoms with E-state index in [-0.39, 0.29) is 0 Å². The highest BCUT2D eigenvalue weighted by atomic mass is 16.5. The second kappa shape index (κ2) is 6.79. The number of ether oxygens (including phenoxy) is 1. The van der Waals surface area contributed by atoms with E-state index in [0.717, 1.165) is 24.8 Å². The summed E-state index contributed by atoms with van der Waals surface area (Å²) in [7, 11) is 1.74. The van der Waals surface area contributed by atoms with E-state index in [1.54, 1.807) is 7.11 Å². The quantitative estimate of drug-likeness (QED) is 0.776. The maximum absolute atomic E-state index is 5.33. The molecule has 0 aliphatic heterocycles. The first-order chi connectivity index (χ1) is 8.85. The van der Waals surface area contributed by atoms with Crippen molar-refractivity contribution in [1.29, 1.82) is 0 Å². The third kappa shape index (κ3) is 3.26. The van der Waals surface area contributed by atoms with Gasteiger partial charge in [-0.15, -0.1) is 0 Å². The van der Waals surface area contributed by atoms with Crippen LogP contribution in [0.1, 0.15) is 44.1 Å². The van der Waals surface area contributed by atoms with Crippen LogP contribution < -0.4 is 10.1 Å². The maximum Gasteiger partial charge on any atom is 0.119 e. The van der Waals surface area contributed by atoms with Crippen LogP contribution in [0.3, 0.4) is 0 Å². The zero-order valence-corrected chi connectivity index (χ0v) is 11.6. The molecule has 1 aromatic rings. The molecule has 0 radical (unpaired) electrons. The van der Waals surface area contributed by atoms with E-state index in [1.807, 2.05) is 6.07 Å². The van der Waals surface area contributed by atoms with E-state index >= 15 is 0 Å². The monoisotopic (exact) mass is 247 g/mol. The molecule has 2 heteroatoms. The molecule has 2 nitrogen and oxygen atoms in total. The van der Waals surface area contributed by atoms with Crippen molar-refractivity contribution in [3.05, 3.63) is 29.8 Å². The summed E-state index contributed by atoms with van der Waals surface area (Å²) in [5, 5.41) is 3.57. The molecule has 1 fully saturated rings. The molecule has 0 aromatic heterocycles. The van der Waals surface area contributed by atoms with Gasteiger partial charge in [-0.2, -0.15) is 0 Å². The molecule has 2 atom stereocenters. The predicted octanol–water partition coefficient (Wildman–Crippen LogP) is 3.58. The number of hydrogen-bond donors (Lipinski definition) is 1. The van der Waals surface area contributed by atoms with E-state index in [9.17, 15) is 0 Å². The van der Waals surface area contributed by atoms with E-state index in [4.69, 9.17) is 4.74 Å². The Morgan fingerprint density at radius 3 is 3.00 bits per heavy atom. The van der Waals surface area contributed by atoms with Gasteiger partial charge in [-0.1, -0.05) is 25.5 Å². The van der Waals surface area contributed by atoms with Crippen molar-refractivity contribution in [2.75, 3.05) is 20.2 Å². The zero-order chi connectivity index (χ0) is 12.8. The smallest absolute Gasteiger partial charge is 0.119 e. The van der Waals surface area contributed by atoms with Crippen LogP contribution in [0.4, 0.5) is 0 Å². The summed E-state index contributed by atoms with van der Waals surface area (Å²) in [6.45, 7) is 4.53. The molecule has 0 bridgehead atoms. The van der Waals surface area contributed by atoms with Crippen LogP contribution in [0.15, 0.2) is 24.3 Å². The normalized spacial score (nSPS) is 23.2. The van der Waals surface area contributed by atoms with Crippen molar-refractivity contribution in [3.63, 3.8) is 0 Å². The lowest BCUT2D eigenvalue weighted by molar-refractivity contribution is 0.410. The van der Waals surface area contributed by atoms with Crippen molar-refractivity contribution in [2.45, 2.75) is 38.5 Å². The van der Waals surface area contributed by atoms with Crippen LogP contribution in [-0.4, -0.2) is 20.2 Å². The minimum atomic E-state index is 0.712. The van der Waals surface area contributed by atoms with Crippen LogP contribution in [0, 0.1) is 5.92 Å². The third-order valence-corrected chi connectivity index (χ3v) is 4.01. The van der Waals surface area contributed by atoms with Crippen LogP contribution in [0.2, 0.25) is 0 Å². The zero-order valence-electron chi connectivity index (χ0n) is 11.6. The number of methoxy groups -OCH3 is 1. The molecular weight excluding hydrogens is 222 g/mol. The summed E-state index contributed by atoms with van der Waals surface area (Å²) in [6, 6.07) is 8.61. The minimum Gasteiger partial charge on any atom is -0.497 e. The van der Waals surface area contributed by atoms with Crippen molar-refractivity contribution < 1.29 is 4.74 Å². The van der Waals surface area contributed by atoms with Gasteiger partial charge < -0.3 is 10.1 Å². The standard InChI is InChI=1S/C16H25NO/c1-3-10-17-12-14-7-5-9-16(14)13-6-4-8-15(11-13)18-2/h4,6,8,11,14,16-17H,3,5,7,9-10,12H2,1-2H3. The summed E-state index contributed by atoms with van der Waals surface area (Å²) >= 11 is 0. The number of rotatable bonds is 6. The lowest BCUT2D eigenvalue weighted by atomic mass is 9.88. The van der Waals surface area contributed by atoms with Gasteiger partial charge in [-0.25, -0.2) is 0 Å². The van der Waals surface area contributed by atoms with Gasteiger partial charge in [0.15, 0.2) is 0 Å². The first-order valence-corrected chi connectivity index (χ1v) is 7.19. The molecule has 100 valence electrons. The van der Waals surface area contributed by atoms with Gasteiger partial charge in [0.1, 0.15) is 5.75 Å². The van der Waals surface area contributed by atoms with Crippen molar-refractivity contribution in [2.24, 2.45) is 5.92 Å². The Morgan fingerprint density at radius 1 is 1.33 bits per heavy atom. The SMILES string of the molecule is CCCNCC1CCCC1c1cccc(OC)c1. The Morgan fingerprint density at radius 2 is 2.22 bits per heavy atom. The van der Waals surface area contributed by atoms with E-state index in [0.29, 0.717) is 5.92 Å². The molecule has 18 heavy (non-hydrogen) atoms. The molecule has 0 saturated heterocycles. The van der Waals surface area contributed by atoms with Crippen LogP contribution in [0.25, 0.3) is 0 Å². The summed E-state index contributed by atoms with van der Waals surface area (Å²) in [5.74, 6) is 2.49. The lowest BCUT2D eigenvalue weighted by Crippen LogP contribution is -2.25. The molecule has 1 N–H and O–H groups in total. The molecule has 2 rings (SSSR count). The lowest BCUT2D eigenvalue weighted by Gasteiger charge is -2.21. The fraction of sp³-hybridized carbons (Fsp3) is 0.625. The average molecular weight is 247 g/mol. The Balaban J connectivity index is 2.01. The number of nitrogens with one attached hydrogen (secondary N) is 1. The highest BCUT2D eigenvalue weighted by Gasteiger charge is 2.28. The Hall–Kier alpha value is -1.02. The van der Waals surface area contributed by atoms with Gasteiger partial charge in [0.25, 0.3) is 0 Å². The highest BCUT2D eigenvalue weighted by molar-refractivity contribution is 5.31. The van der Waals surface area contributed by atoms with Crippen LogP contribution in [0.5, 0.6) is 5.75 Å². The van der Waals surface area contributed by atoms with E-state index < -0.39 is 0 Å². The fourth-order valence-electron chi connectivity index (χ4n) is 3.06. The number of benzene rings is 1. The molecule has 1 aromatic carbocycles. The second-order valence-corrected chi connectivity index (χ2v) is 5.28. The Kier molecular flexibility index (Phi) is 5.06. The molecule has 1 saturated carbocycles. The third-order valence-electron chi connectivity index (χ3n) is 4.01. The minimum absolute atomic E-state index is 0.712. The second-order valence-electron chi connectivity index (χ2n) is 5.28. The van der Waals surface area contributed by atoms with Crippen molar-refractivity contribution in [3.8, 4) is 5.75 Å². The Labute approximate surface area is 111 Å². The highest BCUT2D eigenvalue weighted by Crippen LogP contribution is 2.40. The first-order valence-electron chi connectivity index (χ1n) is 7.19. The summed E-state index contributed by atoms with van der Waals surface area (Å²) in [5.41, 5.74) is 1.45. The van der Waals surface area contributed by atoms with E-state index in [2.05, 4.69) is 30.4 Å². The first kappa shape index (κ1) is 13.4. The summed E-state index contributed by atoms with van der Waals surface area (Å²) in [4.78, 5) is 0. The average Bonchev–Trinajstić information content (AvgIpc) is 2.87. The topological polar surface area (TPSA) is 21.3 Å². The van der Waals surface area contributed by atoms with Gasteiger partial charge in [0, 0.05) is 0 Å². The van der Waals surface area contributed by atoms with Gasteiger partial charge in [0.05, 0.1) is 7.11 Å². The largest absolute Gasteiger partial charge is 0.497 e. The van der Waals surface area contributed by atoms with Crippen LogP contribution in [-0.2, 0) is 0 Å². The summed E-state index contributed by atoms with van der Waals surface area (Å²) < 4.78 is 5.33.